The third kappa shape index (κ3) is 3.16. The van der Waals surface area contributed by atoms with Crippen LogP contribution in [-0.2, 0) is 4.79 Å². The van der Waals surface area contributed by atoms with E-state index in [4.69, 9.17) is 0 Å². The summed E-state index contributed by atoms with van der Waals surface area (Å²) in [6, 6.07) is 0.621. The normalized spacial score (nSPS) is 24.5. The van der Waals surface area contributed by atoms with Gasteiger partial charge in [0.1, 0.15) is 0 Å². The molecule has 1 N–H and O–H groups in total. The number of rotatable bonds is 4. The Balaban J connectivity index is 1.69. The van der Waals surface area contributed by atoms with Gasteiger partial charge in [-0.15, -0.1) is 0 Å². The molecule has 1 heterocycles. The minimum absolute atomic E-state index is 0.225. The third-order valence-electron chi connectivity index (χ3n) is 4.35. The summed E-state index contributed by atoms with van der Waals surface area (Å²) in [5, 5.41) is 3.72. The van der Waals surface area contributed by atoms with Crippen LogP contribution in [0.4, 0.5) is 0 Å². The second kappa shape index (κ2) is 5.61. The van der Waals surface area contributed by atoms with Crippen molar-refractivity contribution in [1.29, 1.82) is 0 Å². The first kappa shape index (κ1) is 13.2. The number of piperidine rings is 1. The molecule has 98 valence electrons. The lowest BCUT2D eigenvalue weighted by Crippen LogP contribution is -2.50. The topological polar surface area (TPSA) is 32.3 Å². The number of carbonyl (C=O) groups excluding carboxylic acids is 1. The summed E-state index contributed by atoms with van der Waals surface area (Å²) in [6.45, 7) is 4.68. The molecule has 1 saturated heterocycles. The lowest BCUT2D eigenvalue weighted by Gasteiger charge is -2.42. The Morgan fingerprint density at radius 3 is 2.47 bits per heavy atom. The van der Waals surface area contributed by atoms with Crippen LogP contribution in [0, 0.1) is 0 Å². The second-order valence-electron chi connectivity index (χ2n) is 5.40. The lowest BCUT2D eigenvalue weighted by molar-refractivity contribution is -0.129. The van der Waals surface area contributed by atoms with E-state index in [2.05, 4.69) is 11.6 Å². The van der Waals surface area contributed by atoms with Crippen LogP contribution in [0.2, 0.25) is 0 Å². The zero-order chi connectivity index (χ0) is 12.3. The molecule has 2 aliphatic rings. The van der Waals surface area contributed by atoms with Crippen LogP contribution in [0.3, 0.4) is 0 Å². The van der Waals surface area contributed by atoms with Gasteiger partial charge in [0.05, 0.1) is 0 Å². The number of nitrogens with zero attached hydrogens (tertiary/aromatic N) is 1. The fraction of sp³-hybridized carbons (Fsp3) is 0.923. The molecule has 2 fully saturated rings. The van der Waals surface area contributed by atoms with E-state index in [0.717, 1.165) is 32.5 Å². The fourth-order valence-corrected chi connectivity index (χ4v) is 3.68. The highest BCUT2D eigenvalue weighted by molar-refractivity contribution is 8.00. The summed E-state index contributed by atoms with van der Waals surface area (Å²) in [5.74, 6) is 0.225. The molecule has 4 heteroatoms. The molecular weight excluding hydrogens is 232 g/mol. The smallest absolute Gasteiger partial charge is 0.219 e. The first-order chi connectivity index (χ1) is 8.15. The van der Waals surface area contributed by atoms with Crippen LogP contribution >= 0.6 is 11.8 Å². The summed E-state index contributed by atoms with van der Waals surface area (Å²) in [4.78, 5) is 13.2. The Hall–Kier alpha value is -0.220. The maximum atomic E-state index is 11.2. The van der Waals surface area contributed by atoms with E-state index >= 15 is 0 Å². The van der Waals surface area contributed by atoms with Crippen molar-refractivity contribution in [3.8, 4) is 0 Å². The quantitative estimate of drug-likeness (QED) is 0.833. The average Bonchev–Trinajstić information content (AvgIpc) is 2.29. The number of carbonyl (C=O) groups is 1. The van der Waals surface area contributed by atoms with Crippen molar-refractivity contribution < 1.29 is 4.79 Å². The van der Waals surface area contributed by atoms with Crippen LogP contribution in [0.25, 0.3) is 0 Å². The molecule has 17 heavy (non-hydrogen) atoms. The molecule has 0 unspecified atom stereocenters. The van der Waals surface area contributed by atoms with Gasteiger partial charge in [0.2, 0.25) is 5.91 Å². The van der Waals surface area contributed by atoms with E-state index in [0.29, 0.717) is 10.8 Å². The molecule has 3 nitrogen and oxygen atoms in total. The largest absolute Gasteiger partial charge is 0.343 e. The molecular formula is C13H24N2OS. The van der Waals surface area contributed by atoms with E-state index in [-0.39, 0.29) is 5.91 Å². The third-order valence-corrected chi connectivity index (χ3v) is 5.77. The van der Waals surface area contributed by atoms with Crippen molar-refractivity contribution in [3.63, 3.8) is 0 Å². The standard InChI is InChI=1S/C13H24N2OS/c1-11(16)15-8-4-12(5-9-15)14-10-13(17-2)6-3-7-13/h12,14H,3-10H2,1-2H3. The Labute approximate surface area is 109 Å². The molecule has 0 spiro atoms. The van der Waals surface area contributed by atoms with E-state index < -0.39 is 0 Å². The van der Waals surface area contributed by atoms with Gasteiger partial charge in [0, 0.05) is 37.3 Å². The highest BCUT2D eigenvalue weighted by Gasteiger charge is 2.36. The number of likely N-dealkylation sites (tertiary alicyclic amines) is 1. The summed E-state index contributed by atoms with van der Waals surface area (Å²) in [6.07, 6.45) is 8.60. The molecule has 1 saturated carbocycles. The SMILES string of the molecule is CSC1(CNC2CCN(C(C)=O)CC2)CCC1. The van der Waals surface area contributed by atoms with Crippen LogP contribution in [0.5, 0.6) is 0 Å². The summed E-state index contributed by atoms with van der Waals surface area (Å²) >= 11 is 2.03. The van der Waals surface area contributed by atoms with Gasteiger partial charge in [0.15, 0.2) is 0 Å². The Bertz CT molecular complexity index is 265. The zero-order valence-electron chi connectivity index (χ0n) is 11.0. The molecule has 0 radical (unpaired) electrons. The minimum Gasteiger partial charge on any atom is -0.343 e. The van der Waals surface area contributed by atoms with Crippen molar-refractivity contribution in [1.82, 2.24) is 10.2 Å². The predicted molar refractivity (Wildman–Crippen MR) is 73.4 cm³/mol. The Morgan fingerprint density at radius 1 is 1.41 bits per heavy atom. The van der Waals surface area contributed by atoms with Crippen molar-refractivity contribution in [2.45, 2.75) is 49.8 Å². The Morgan fingerprint density at radius 2 is 2.06 bits per heavy atom. The molecule has 1 aliphatic carbocycles. The van der Waals surface area contributed by atoms with Crippen molar-refractivity contribution in [2.24, 2.45) is 0 Å². The van der Waals surface area contributed by atoms with Gasteiger partial charge in [-0.25, -0.2) is 0 Å². The maximum Gasteiger partial charge on any atom is 0.219 e. The highest BCUT2D eigenvalue weighted by Crippen LogP contribution is 2.42. The van der Waals surface area contributed by atoms with Gasteiger partial charge in [-0.1, -0.05) is 6.42 Å². The molecule has 0 atom stereocenters. The lowest BCUT2D eigenvalue weighted by atomic mass is 9.84. The van der Waals surface area contributed by atoms with Gasteiger partial charge >= 0.3 is 0 Å². The van der Waals surface area contributed by atoms with Crippen LogP contribution in [0.15, 0.2) is 0 Å². The highest BCUT2D eigenvalue weighted by atomic mass is 32.2. The predicted octanol–water partition coefficient (Wildman–Crippen LogP) is 1.87. The Kier molecular flexibility index (Phi) is 4.36. The molecule has 0 aromatic rings. The minimum atomic E-state index is 0.225. The average molecular weight is 256 g/mol. The zero-order valence-corrected chi connectivity index (χ0v) is 11.8. The van der Waals surface area contributed by atoms with E-state index in [1.807, 2.05) is 16.7 Å². The first-order valence-corrected chi connectivity index (χ1v) is 7.92. The van der Waals surface area contributed by atoms with Crippen molar-refractivity contribution >= 4 is 17.7 Å². The van der Waals surface area contributed by atoms with Gasteiger partial charge in [0.25, 0.3) is 0 Å². The first-order valence-electron chi connectivity index (χ1n) is 6.69. The van der Waals surface area contributed by atoms with Gasteiger partial charge < -0.3 is 10.2 Å². The molecule has 2 rings (SSSR count). The van der Waals surface area contributed by atoms with E-state index in [9.17, 15) is 4.79 Å². The van der Waals surface area contributed by atoms with Gasteiger partial charge in [-0.05, 0) is 31.9 Å². The monoisotopic (exact) mass is 256 g/mol. The van der Waals surface area contributed by atoms with Gasteiger partial charge in [-0.2, -0.15) is 11.8 Å². The number of hydrogen-bond acceptors (Lipinski definition) is 3. The number of thioether (sulfide) groups is 1. The van der Waals surface area contributed by atoms with Crippen molar-refractivity contribution in [2.75, 3.05) is 25.9 Å². The van der Waals surface area contributed by atoms with Crippen LogP contribution in [-0.4, -0.2) is 47.5 Å². The van der Waals surface area contributed by atoms with Crippen LogP contribution < -0.4 is 5.32 Å². The molecule has 1 aliphatic heterocycles. The number of amides is 1. The van der Waals surface area contributed by atoms with Crippen LogP contribution in [0.1, 0.15) is 39.0 Å². The van der Waals surface area contributed by atoms with E-state index in [1.165, 1.54) is 19.3 Å². The van der Waals surface area contributed by atoms with E-state index in [1.54, 1.807) is 6.92 Å². The van der Waals surface area contributed by atoms with Gasteiger partial charge in [-0.3, -0.25) is 4.79 Å². The molecule has 0 bridgehead atoms. The fourth-order valence-electron chi connectivity index (χ4n) is 2.75. The second-order valence-corrected chi connectivity index (χ2v) is 6.68. The molecule has 0 aromatic carbocycles. The molecule has 1 amide bonds. The van der Waals surface area contributed by atoms with Crippen molar-refractivity contribution in [3.05, 3.63) is 0 Å². The summed E-state index contributed by atoms with van der Waals surface area (Å²) < 4.78 is 0.526. The maximum absolute atomic E-state index is 11.2. The number of hydrogen-bond donors (Lipinski definition) is 1. The summed E-state index contributed by atoms with van der Waals surface area (Å²) in [7, 11) is 0. The number of nitrogens with one attached hydrogen (secondary N) is 1. The molecule has 0 aromatic heterocycles. The summed E-state index contributed by atoms with van der Waals surface area (Å²) in [5.41, 5.74) is 0.